The van der Waals surface area contributed by atoms with Crippen molar-refractivity contribution < 1.29 is 9.53 Å². The fourth-order valence-corrected chi connectivity index (χ4v) is 3.75. The molecule has 0 bridgehead atoms. The van der Waals surface area contributed by atoms with E-state index < -0.39 is 0 Å². The molecule has 3 aromatic rings. The van der Waals surface area contributed by atoms with Crippen molar-refractivity contribution in [1.82, 2.24) is 19.7 Å². The molecule has 8 nitrogen and oxygen atoms in total. The van der Waals surface area contributed by atoms with Gasteiger partial charge in [-0.2, -0.15) is 5.10 Å². The van der Waals surface area contributed by atoms with Crippen LogP contribution >= 0.6 is 11.6 Å². The summed E-state index contributed by atoms with van der Waals surface area (Å²) in [7, 11) is 1.92. The Morgan fingerprint density at radius 1 is 1.19 bits per heavy atom. The van der Waals surface area contributed by atoms with Crippen LogP contribution in [-0.2, 0) is 16.1 Å². The normalized spacial score (nSPS) is 14.1. The number of carbonyl (C=O) groups excluding carboxylic acids is 1. The van der Waals surface area contributed by atoms with Crippen molar-refractivity contribution in [2.75, 3.05) is 50.1 Å². The molecule has 1 aliphatic rings. The Morgan fingerprint density at radius 3 is 2.68 bits per heavy atom. The lowest BCUT2D eigenvalue weighted by molar-refractivity contribution is -0.117. The zero-order valence-corrected chi connectivity index (χ0v) is 18.1. The SMILES string of the molecule is CN(CC(=O)Nc1cc(Cl)ccc1-n1cncn1)Cc1ccc(N2CCOCC2)cc1. The second kappa shape index (κ2) is 9.91. The van der Waals surface area contributed by atoms with Gasteiger partial charge in [-0.3, -0.25) is 9.69 Å². The molecule has 1 aromatic heterocycles. The van der Waals surface area contributed by atoms with Crippen molar-refractivity contribution in [1.29, 1.82) is 0 Å². The molecule has 2 heterocycles. The van der Waals surface area contributed by atoms with E-state index in [1.165, 1.54) is 12.0 Å². The minimum atomic E-state index is -0.129. The Balaban J connectivity index is 1.34. The maximum absolute atomic E-state index is 12.6. The third-order valence-electron chi connectivity index (χ3n) is 5.08. The number of anilines is 2. The molecular formula is C22H25ClN6O2. The number of hydrogen-bond donors (Lipinski definition) is 1. The third kappa shape index (κ3) is 5.61. The average Bonchev–Trinajstić information content (AvgIpc) is 3.29. The summed E-state index contributed by atoms with van der Waals surface area (Å²) in [6, 6.07) is 13.7. The smallest absolute Gasteiger partial charge is 0.238 e. The number of rotatable bonds is 7. The fourth-order valence-electron chi connectivity index (χ4n) is 3.58. The number of ether oxygens (including phenoxy) is 1. The lowest BCUT2D eigenvalue weighted by Gasteiger charge is -2.29. The summed E-state index contributed by atoms with van der Waals surface area (Å²) in [4.78, 5) is 20.9. The fraction of sp³-hybridized carbons (Fsp3) is 0.318. The summed E-state index contributed by atoms with van der Waals surface area (Å²) >= 11 is 6.13. The molecule has 0 saturated carbocycles. The van der Waals surface area contributed by atoms with Crippen LogP contribution < -0.4 is 10.2 Å². The maximum atomic E-state index is 12.6. The summed E-state index contributed by atoms with van der Waals surface area (Å²) in [6.45, 7) is 4.28. The lowest BCUT2D eigenvalue weighted by atomic mass is 10.1. The summed E-state index contributed by atoms with van der Waals surface area (Å²) < 4.78 is 7.00. The number of nitrogens with zero attached hydrogens (tertiary/aromatic N) is 5. The van der Waals surface area contributed by atoms with Crippen LogP contribution in [0.5, 0.6) is 0 Å². The highest BCUT2D eigenvalue weighted by Gasteiger charge is 2.14. The van der Waals surface area contributed by atoms with Crippen molar-refractivity contribution in [2.24, 2.45) is 0 Å². The van der Waals surface area contributed by atoms with E-state index in [9.17, 15) is 4.79 Å². The molecule has 1 N–H and O–H groups in total. The quantitative estimate of drug-likeness (QED) is 0.609. The lowest BCUT2D eigenvalue weighted by Crippen LogP contribution is -2.36. The van der Waals surface area contributed by atoms with Gasteiger partial charge in [0.2, 0.25) is 5.91 Å². The first-order valence-electron chi connectivity index (χ1n) is 10.1. The van der Waals surface area contributed by atoms with Gasteiger partial charge in [0.15, 0.2) is 0 Å². The van der Waals surface area contributed by atoms with Gasteiger partial charge in [-0.1, -0.05) is 23.7 Å². The van der Waals surface area contributed by atoms with E-state index in [2.05, 4.69) is 44.6 Å². The number of benzene rings is 2. The summed E-state index contributed by atoms with van der Waals surface area (Å²) in [5.74, 6) is -0.129. The Kier molecular flexibility index (Phi) is 6.81. The van der Waals surface area contributed by atoms with Crippen LogP contribution in [-0.4, -0.2) is 65.5 Å². The van der Waals surface area contributed by atoms with Crippen molar-refractivity contribution in [3.8, 4) is 5.69 Å². The number of amides is 1. The molecule has 1 aliphatic heterocycles. The highest BCUT2D eigenvalue weighted by molar-refractivity contribution is 6.31. The molecule has 0 atom stereocenters. The Labute approximate surface area is 186 Å². The van der Waals surface area contributed by atoms with E-state index in [4.69, 9.17) is 16.3 Å². The van der Waals surface area contributed by atoms with Crippen molar-refractivity contribution in [3.05, 3.63) is 65.7 Å². The number of halogens is 1. The van der Waals surface area contributed by atoms with Crippen LogP contribution in [0.4, 0.5) is 11.4 Å². The number of aromatic nitrogens is 3. The zero-order chi connectivity index (χ0) is 21.6. The van der Waals surface area contributed by atoms with Crippen LogP contribution in [0, 0.1) is 0 Å². The molecule has 4 rings (SSSR count). The van der Waals surface area contributed by atoms with Crippen LogP contribution in [0.3, 0.4) is 0 Å². The Hall–Kier alpha value is -2.94. The predicted molar refractivity (Wildman–Crippen MR) is 121 cm³/mol. The highest BCUT2D eigenvalue weighted by Crippen LogP contribution is 2.24. The second-order valence-electron chi connectivity index (χ2n) is 7.49. The van der Waals surface area contributed by atoms with Crippen LogP contribution in [0.25, 0.3) is 5.69 Å². The van der Waals surface area contributed by atoms with E-state index in [1.54, 1.807) is 29.2 Å². The number of hydrogen-bond acceptors (Lipinski definition) is 6. The van der Waals surface area contributed by atoms with E-state index in [0.717, 1.165) is 31.9 Å². The summed E-state index contributed by atoms with van der Waals surface area (Å²) in [5.41, 5.74) is 3.65. The van der Waals surface area contributed by atoms with E-state index in [0.29, 0.717) is 22.9 Å². The average molecular weight is 441 g/mol. The van der Waals surface area contributed by atoms with Gasteiger partial charge < -0.3 is 15.0 Å². The van der Waals surface area contributed by atoms with E-state index >= 15 is 0 Å². The number of carbonyl (C=O) groups is 1. The second-order valence-corrected chi connectivity index (χ2v) is 7.92. The van der Waals surface area contributed by atoms with Crippen molar-refractivity contribution in [3.63, 3.8) is 0 Å². The first-order chi connectivity index (χ1) is 15.1. The molecule has 162 valence electrons. The van der Waals surface area contributed by atoms with Gasteiger partial charge in [-0.05, 0) is 42.9 Å². The monoisotopic (exact) mass is 440 g/mol. The van der Waals surface area contributed by atoms with Crippen molar-refractivity contribution >= 4 is 28.9 Å². The van der Waals surface area contributed by atoms with Crippen LogP contribution in [0.2, 0.25) is 5.02 Å². The molecule has 1 fully saturated rings. The largest absolute Gasteiger partial charge is 0.378 e. The van der Waals surface area contributed by atoms with E-state index in [1.807, 2.05) is 11.9 Å². The maximum Gasteiger partial charge on any atom is 0.238 e. The molecular weight excluding hydrogens is 416 g/mol. The molecule has 0 spiro atoms. The minimum Gasteiger partial charge on any atom is -0.378 e. The van der Waals surface area contributed by atoms with Gasteiger partial charge in [0.1, 0.15) is 12.7 Å². The first-order valence-corrected chi connectivity index (χ1v) is 10.5. The van der Waals surface area contributed by atoms with Crippen molar-refractivity contribution in [2.45, 2.75) is 6.54 Å². The molecule has 0 radical (unpaired) electrons. The zero-order valence-electron chi connectivity index (χ0n) is 17.4. The number of nitrogens with one attached hydrogen (secondary N) is 1. The van der Waals surface area contributed by atoms with Gasteiger partial charge in [0.05, 0.1) is 31.1 Å². The van der Waals surface area contributed by atoms with Crippen LogP contribution in [0.1, 0.15) is 5.56 Å². The molecule has 1 saturated heterocycles. The summed E-state index contributed by atoms with van der Waals surface area (Å²) in [5, 5.41) is 7.60. The Morgan fingerprint density at radius 2 is 1.97 bits per heavy atom. The van der Waals surface area contributed by atoms with Gasteiger partial charge in [-0.15, -0.1) is 0 Å². The standard InChI is InChI=1S/C22H25ClN6O2/c1-27(13-17-2-5-19(6-3-17)28-8-10-31-11-9-28)14-22(30)26-20-12-18(23)4-7-21(20)29-16-24-15-25-29/h2-7,12,15-16H,8-11,13-14H2,1H3,(H,26,30). The molecule has 31 heavy (non-hydrogen) atoms. The molecule has 2 aromatic carbocycles. The van der Waals surface area contributed by atoms with Gasteiger partial charge in [-0.25, -0.2) is 9.67 Å². The highest BCUT2D eigenvalue weighted by atomic mass is 35.5. The van der Waals surface area contributed by atoms with Crippen LogP contribution in [0.15, 0.2) is 55.1 Å². The first kappa shape index (κ1) is 21.3. The molecule has 0 aliphatic carbocycles. The Bertz CT molecular complexity index is 1000. The topological polar surface area (TPSA) is 75.5 Å². The molecule has 0 unspecified atom stereocenters. The summed E-state index contributed by atoms with van der Waals surface area (Å²) in [6.07, 6.45) is 3.02. The minimum absolute atomic E-state index is 0.129. The number of likely N-dealkylation sites (N-methyl/N-ethyl adjacent to an activating group) is 1. The van der Waals surface area contributed by atoms with E-state index in [-0.39, 0.29) is 12.5 Å². The molecule has 9 heteroatoms. The predicted octanol–water partition coefficient (Wildman–Crippen LogP) is 2.83. The van der Waals surface area contributed by atoms with Gasteiger partial charge in [0, 0.05) is 30.3 Å². The molecule has 1 amide bonds. The van der Waals surface area contributed by atoms with Gasteiger partial charge in [0.25, 0.3) is 0 Å². The number of morpholine rings is 1. The van der Waals surface area contributed by atoms with Gasteiger partial charge >= 0.3 is 0 Å². The third-order valence-corrected chi connectivity index (χ3v) is 5.31.